The van der Waals surface area contributed by atoms with Gasteiger partial charge in [0.1, 0.15) is 0 Å². The largest absolute Gasteiger partial charge is 0.374 e. The molecular formula is C19H39NO. The molecule has 0 aromatic carbocycles. The van der Waals surface area contributed by atoms with Gasteiger partial charge in [0.2, 0.25) is 0 Å². The summed E-state index contributed by atoms with van der Waals surface area (Å²) in [5.74, 6) is 0.846. The molecule has 0 bridgehead atoms. The average Bonchev–Trinajstić information content (AvgIpc) is 2.34. The number of hydrogen-bond acceptors (Lipinski definition) is 2. The minimum atomic E-state index is 0.0863. The van der Waals surface area contributed by atoms with Crippen LogP contribution in [0.1, 0.15) is 80.6 Å². The standard InChI is InChI=1S/C19H39NO/c1-8-20-15-19(21-14-13-17(2,3)4)11-9-16(10-12-19)18(5,6)7/h16,20H,8-15H2,1-7H3. The van der Waals surface area contributed by atoms with E-state index in [0.29, 0.717) is 10.8 Å². The van der Waals surface area contributed by atoms with E-state index in [0.717, 1.165) is 32.0 Å². The number of nitrogens with one attached hydrogen (secondary N) is 1. The van der Waals surface area contributed by atoms with Crippen LogP contribution in [-0.4, -0.2) is 25.3 Å². The molecule has 0 aromatic heterocycles. The molecule has 2 nitrogen and oxygen atoms in total. The molecule has 0 aromatic rings. The summed E-state index contributed by atoms with van der Waals surface area (Å²) >= 11 is 0. The van der Waals surface area contributed by atoms with Gasteiger partial charge in [-0.15, -0.1) is 0 Å². The third kappa shape index (κ3) is 6.69. The Labute approximate surface area is 133 Å². The molecule has 1 N–H and O–H groups in total. The number of rotatable bonds is 6. The van der Waals surface area contributed by atoms with E-state index in [2.05, 4.69) is 53.8 Å². The van der Waals surface area contributed by atoms with E-state index in [9.17, 15) is 0 Å². The van der Waals surface area contributed by atoms with Gasteiger partial charge in [0.15, 0.2) is 0 Å². The maximum Gasteiger partial charge on any atom is 0.0806 e. The first-order valence-corrected chi connectivity index (χ1v) is 8.93. The van der Waals surface area contributed by atoms with E-state index in [1.54, 1.807) is 0 Å². The van der Waals surface area contributed by atoms with Crippen LogP contribution < -0.4 is 5.32 Å². The van der Waals surface area contributed by atoms with Crippen molar-refractivity contribution in [3.8, 4) is 0 Å². The zero-order valence-electron chi connectivity index (χ0n) is 15.6. The van der Waals surface area contributed by atoms with Crippen molar-refractivity contribution < 1.29 is 4.74 Å². The molecule has 1 aliphatic rings. The fraction of sp³-hybridized carbons (Fsp3) is 1.00. The van der Waals surface area contributed by atoms with Crippen LogP contribution in [0, 0.1) is 16.7 Å². The molecule has 0 spiro atoms. The van der Waals surface area contributed by atoms with Crippen LogP contribution in [0.4, 0.5) is 0 Å². The number of hydrogen-bond donors (Lipinski definition) is 1. The van der Waals surface area contributed by atoms with Crippen LogP contribution in [0.2, 0.25) is 0 Å². The van der Waals surface area contributed by atoms with Crippen molar-refractivity contribution >= 4 is 0 Å². The van der Waals surface area contributed by atoms with Gasteiger partial charge < -0.3 is 10.1 Å². The summed E-state index contributed by atoms with van der Waals surface area (Å²) in [7, 11) is 0. The fourth-order valence-corrected chi connectivity index (χ4v) is 3.31. The third-order valence-electron chi connectivity index (χ3n) is 5.08. The lowest BCUT2D eigenvalue weighted by Crippen LogP contribution is -2.47. The lowest BCUT2D eigenvalue weighted by atomic mass is 9.68. The molecule has 0 atom stereocenters. The van der Waals surface area contributed by atoms with Crippen molar-refractivity contribution in [1.82, 2.24) is 5.32 Å². The van der Waals surface area contributed by atoms with Crippen molar-refractivity contribution in [1.29, 1.82) is 0 Å². The van der Waals surface area contributed by atoms with Crippen LogP contribution in [0.15, 0.2) is 0 Å². The molecule has 126 valence electrons. The number of likely N-dealkylation sites (N-methyl/N-ethyl adjacent to an activating group) is 1. The SMILES string of the molecule is CCNCC1(OCCC(C)(C)C)CCC(C(C)(C)C)CC1. The Morgan fingerprint density at radius 3 is 2.05 bits per heavy atom. The first-order chi connectivity index (χ1) is 9.58. The smallest absolute Gasteiger partial charge is 0.0806 e. The fourth-order valence-electron chi connectivity index (χ4n) is 3.31. The highest BCUT2D eigenvalue weighted by Crippen LogP contribution is 2.42. The van der Waals surface area contributed by atoms with Crippen molar-refractivity contribution in [3.05, 3.63) is 0 Å². The molecular weight excluding hydrogens is 258 g/mol. The molecule has 0 aliphatic heterocycles. The maximum absolute atomic E-state index is 6.45. The minimum Gasteiger partial charge on any atom is -0.374 e. The van der Waals surface area contributed by atoms with Gasteiger partial charge in [0, 0.05) is 13.2 Å². The maximum atomic E-state index is 6.45. The van der Waals surface area contributed by atoms with Gasteiger partial charge in [-0.25, -0.2) is 0 Å². The molecule has 1 aliphatic carbocycles. The zero-order valence-corrected chi connectivity index (χ0v) is 15.6. The lowest BCUT2D eigenvalue weighted by molar-refractivity contribution is -0.0899. The third-order valence-corrected chi connectivity index (χ3v) is 5.08. The molecule has 21 heavy (non-hydrogen) atoms. The Morgan fingerprint density at radius 2 is 1.62 bits per heavy atom. The van der Waals surface area contributed by atoms with Crippen LogP contribution >= 0.6 is 0 Å². The predicted octanol–water partition coefficient (Wildman–Crippen LogP) is 5.02. The zero-order chi connectivity index (χ0) is 16.1. The highest BCUT2D eigenvalue weighted by Gasteiger charge is 2.39. The first-order valence-electron chi connectivity index (χ1n) is 8.93. The highest BCUT2D eigenvalue weighted by atomic mass is 16.5. The van der Waals surface area contributed by atoms with Gasteiger partial charge in [-0.2, -0.15) is 0 Å². The Kier molecular flexibility index (Phi) is 6.74. The topological polar surface area (TPSA) is 21.3 Å². The Bertz CT molecular complexity index is 284. The first kappa shape index (κ1) is 19.0. The monoisotopic (exact) mass is 297 g/mol. The van der Waals surface area contributed by atoms with E-state index in [1.165, 1.54) is 25.7 Å². The lowest BCUT2D eigenvalue weighted by Gasteiger charge is -2.44. The van der Waals surface area contributed by atoms with Crippen molar-refractivity contribution in [2.45, 2.75) is 86.2 Å². The van der Waals surface area contributed by atoms with E-state index in [1.807, 2.05) is 0 Å². The summed E-state index contributed by atoms with van der Waals surface area (Å²) in [5, 5.41) is 3.54. The van der Waals surface area contributed by atoms with Gasteiger partial charge in [0.05, 0.1) is 5.60 Å². The summed E-state index contributed by atoms with van der Waals surface area (Å²) in [5.41, 5.74) is 0.890. The predicted molar refractivity (Wildman–Crippen MR) is 92.7 cm³/mol. The van der Waals surface area contributed by atoms with Crippen LogP contribution in [-0.2, 0) is 4.74 Å². The molecule has 0 unspecified atom stereocenters. The van der Waals surface area contributed by atoms with E-state index in [-0.39, 0.29) is 5.60 Å². The van der Waals surface area contributed by atoms with Gasteiger partial charge in [-0.05, 0) is 55.4 Å². The van der Waals surface area contributed by atoms with Crippen molar-refractivity contribution in [2.24, 2.45) is 16.7 Å². The molecule has 1 rings (SSSR count). The van der Waals surface area contributed by atoms with Crippen molar-refractivity contribution in [3.63, 3.8) is 0 Å². The van der Waals surface area contributed by atoms with E-state index >= 15 is 0 Å². The minimum absolute atomic E-state index is 0.0863. The Balaban J connectivity index is 2.56. The second-order valence-electron chi connectivity index (χ2n) is 9.26. The average molecular weight is 298 g/mol. The van der Waals surface area contributed by atoms with Crippen LogP contribution in [0.3, 0.4) is 0 Å². The van der Waals surface area contributed by atoms with Crippen LogP contribution in [0.5, 0.6) is 0 Å². The molecule has 2 heteroatoms. The molecule has 0 radical (unpaired) electrons. The molecule has 0 amide bonds. The summed E-state index contributed by atoms with van der Waals surface area (Å²) in [6.45, 7) is 19.2. The second-order valence-corrected chi connectivity index (χ2v) is 9.26. The highest BCUT2D eigenvalue weighted by molar-refractivity contribution is 4.92. The van der Waals surface area contributed by atoms with Gasteiger partial charge in [0.25, 0.3) is 0 Å². The summed E-state index contributed by atoms with van der Waals surface area (Å²) in [6.07, 6.45) is 6.19. The van der Waals surface area contributed by atoms with E-state index in [4.69, 9.17) is 4.74 Å². The van der Waals surface area contributed by atoms with Gasteiger partial charge in [-0.3, -0.25) is 0 Å². The van der Waals surface area contributed by atoms with Crippen LogP contribution in [0.25, 0.3) is 0 Å². The van der Waals surface area contributed by atoms with Crippen molar-refractivity contribution in [2.75, 3.05) is 19.7 Å². The quantitative estimate of drug-likeness (QED) is 0.743. The molecule has 0 saturated heterocycles. The Hall–Kier alpha value is -0.0800. The molecule has 0 heterocycles. The van der Waals surface area contributed by atoms with E-state index < -0.39 is 0 Å². The van der Waals surface area contributed by atoms with Gasteiger partial charge in [-0.1, -0.05) is 48.5 Å². The van der Waals surface area contributed by atoms with Gasteiger partial charge >= 0.3 is 0 Å². The normalized spacial score (nSPS) is 27.9. The number of ether oxygens (including phenoxy) is 1. The summed E-state index contributed by atoms with van der Waals surface area (Å²) < 4.78 is 6.45. The molecule has 1 fully saturated rings. The second kappa shape index (κ2) is 7.46. The summed E-state index contributed by atoms with van der Waals surface area (Å²) in [4.78, 5) is 0. The summed E-state index contributed by atoms with van der Waals surface area (Å²) in [6, 6.07) is 0. The Morgan fingerprint density at radius 1 is 1.05 bits per heavy atom. The molecule has 1 saturated carbocycles.